The number of H-pyrrole nitrogens is 1. The maximum Gasteiger partial charge on any atom is 0.379 e. The summed E-state index contributed by atoms with van der Waals surface area (Å²) in [6.07, 6.45) is 2.74. The van der Waals surface area contributed by atoms with E-state index in [1.807, 2.05) is 36.4 Å². The van der Waals surface area contributed by atoms with Gasteiger partial charge in [-0.1, -0.05) is 58.4 Å². The molecule has 0 saturated carbocycles. The zero-order chi connectivity index (χ0) is 26.6. The molecule has 10 heteroatoms. The third-order valence-corrected chi connectivity index (χ3v) is 6.61. The lowest BCUT2D eigenvalue weighted by atomic mass is 10.0. The number of nitriles is 1. The summed E-state index contributed by atoms with van der Waals surface area (Å²) in [5, 5.41) is 14.4. The molecule has 0 radical (unpaired) electrons. The SMILES string of the molecule is N#Cc1cccc2c(-c3ccccc3)c(C(=O)NN=Cc3cc(Br)cc(Br)c3OC(=O)c3ccco3)[nH]c12. The number of nitrogens with one attached hydrogen (secondary N) is 2. The minimum atomic E-state index is -0.685. The van der Waals surface area contributed by atoms with Crippen molar-refractivity contribution in [1.29, 1.82) is 5.26 Å². The third kappa shape index (κ3) is 5.02. The number of fused-ring (bicyclic) bond motifs is 1. The summed E-state index contributed by atoms with van der Waals surface area (Å²) in [7, 11) is 0. The molecule has 0 saturated heterocycles. The van der Waals surface area contributed by atoms with Gasteiger partial charge < -0.3 is 14.1 Å². The fourth-order valence-corrected chi connectivity index (χ4v) is 5.26. The van der Waals surface area contributed by atoms with Crippen molar-refractivity contribution >= 4 is 60.9 Å². The Bertz CT molecular complexity index is 1740. The number of benzene rings is 3. The van der Waals surface area contributed by atoms with Crippen molar-refractivity contribution in [2.24, 2.45) is 5.10 Å². The quantitative estimate of drug-likeness (QED) is 0.0923. The number of nitrogens with zero attached hydrogens (tertiary/aromatic N) is 2. The van der Waals surface area contributed by atoms with Gasteiger partial charge in [0.2, 0.25) is 5.76 Å². The minimum Gasteiger partial charge on any atom is -0.457 e. The topological polar surface area (TPSA) is 120 Å². The highest BCUT2D eigenvalue weighted by atomic mass is 79.9. The van der Waals surface area contributed by atoms with Crippen LogP contribution in [0.4, 0.5) is 0 Å². The van der Waals surface area contributed by atoms with Crippen LogP contribution >= 0.6 is 31.9 Å². The Balaban J connectivity index is 1.47. The Morgan fingerprint density at radius 3 is 2.61 bits per heavy atom. The fourth-order valence-electron chi connectivity index (χ4n) is 3.92. The second-order valence-corrected chi connectivity index (χ2v) is 9.72. The standard InChI is InChI=1S/C28H16Br2N4O4/c29-19-12-18(26(21(30)13-19)38-28(36)22-10-5-11-37-22)15-32-34-27(35)25-23(16-6-2-1-3-7-16)20-9-4-8-17(14-31)24(20)33-25/h1-13,15,33H,(H,34,35). The van der Waals surface area contributed by atoms with Crippen molar-refractivity contribution in [2.75, 3.05) is 0 Å². The Labute approximate surface area is 233 Å². The molecule has 8 nitrogen and oxygen atoms in total. The Kier molecular flexibility index (Phi) is 7.22. The molecule has 5 rings (SSSR count). The lowest BCUT2D eigenvalue weighted by Gasteiger charge is -2.09. The third-order valence-electron chi connectivity index (χ3n) is 5.57. The predicted octanol–water partition coefficient (Wildman–Crippen LogP) is 6.81. The predicted molar refractivity (Wildman–Crippen MR) is 149 cm³/mol. The van der Waals surface area contributed by atoms with Crippen LogP contribution in [-0.4, -0.2) is 23.1 Å². The number of ether oxygens (including phenoxy) is 1. The first-order chi connectivity index (χ1) is 18.5. The number of halogens is 2. The van der Waals surface area contributed by atoms with Crippen molar-refractivity contribution in [3.05, 3.63) is 111 Å². The zero-order valence-corrected chi connectivity index (χ0v) is 22.5. The van der Waals surface area contributed by atoms with Gasteiger partial charge in [0.1, 0.15) is 11.8 Å². The molecule has 0 fully saturated rings. The summed E-state index contributed by atoms with van der Waals surface area (Å²) in [5.41, 5.74) is 5.65. The fraction of sp³-hybridized carbons (Fsp3) is 0. The lowest BCUT2D eigenvalue weighted by Crippen LogP contribution is -2.19. The highest BCUT2D eigenvalue weighted by molar-refractivity contribution is 9.11. The monoisotopic (exact) mass is 630 g/mol. The van der Waals surface area contributed by atoms with Gasteiger partial charge in [-0.25, -0.2) is 10.2 Å². The number of hydrogen-bond acceptors (Lipinski definition) is 6. The molecule has 186 valence electrons. The van der Waals surface area contributed by atoms with Crippen LogP contribution in [0, 0.1) is 11.3 Å². The average Bonchev–Trinajstić information content (AvgIpc) is 3.59. The van der Waals surface area contributed by atoms with E-state index in [0.29, 0.717) is 31.2 Å². The van der Waals surface area contributed by atoms with Crippen LogP contribution in [0.15, 0.2) is 97.5 Å². The van der Waals surface area contributed by atoms with Gasteiger partial charge in [0.05, 0.1) is 28.0 Å². The molecule has 2 aromatic heterocycles. The highest BCUT2D eigenvalue weighted by Gasteiger charge is 2.21. The zero-order valence-electron chi connectivity index (χ0n) is 19.4. The number of para-hydroxylation sites is 1. The molecular formula is C28H16Br2N4O4. The number of carbonyl (C=O) groups excluding carboxylic acids is 2. The van der Waals surface area contributed by atoms with Gasteiger partial charge in [-0.2, -0.15) is 10.4 Å². The lowest BCUT2D eigenvalue weighted by molar-refractivity contribution is 0.0699. The van der Waals surface area contributed by atoms with Gasteiger partial charge in [0, 0.05) is 21.0 Å². The average molecular weight is 632 g/mol. The van der Waals surface area contributed by atoms with Crippen molar-refractivity contribution in [1.82, 2.24) is 10.4 Å². The number of amides is 1. The smallest absolute Gasteiger partial charge is 0.379 e. The van der Waals surface area contributed by atoms with Gasteiger partial charge >= 0.3 is 5.97 Å². The molecule has 0 aliphatic carbocycles. The Morgan fingerprint density at radius 2 is 1.87 bits per heavy atom. The van der Waals surface area contributed by atoms with E-state index in [4.69, 9.17) is 9.15 Å². The number of carbonyl (C=O) groups is 2. The molecule has 0 bridgehead atoms. The van der Waals surface area contributed by atoms with E-state index < -0.39 is 11.9 Å². The Morgan fingerprint density at radius 1 is 1.05 bits per heavy atom. The largest absolute Gasteiger partial charge is 0.457 e. The van der Waals surface area contributed by atoms with E-state index in [1.165, 1.54) is 18.5 Å². The summed E-state index contributed by atoms with van der Waals surface area (Å²) in [5.74, 6) is -0.958. The number of hydrazone groups is 1. The van der Waals surface area contributed by atoms with Crippen molar-refractivity contribution < 1.29 is 18.7 Å². The summed E-state index contributed by atoms with van der Waals surface area (Å²) >= 11 is 6.81. The summed E-state index contributed by atoms with van der Waals surface area (Å²) in [6.45, 7) is 0. The number of aromatic nitrogens is 1. The maximum atomic E-state index is 13.3. The molecule has 0 aliphatic heterocycles. The first kappa shape index (κ1) is 25.2. The van der Waals surface area contributed by atoms with Gasteiger partial charge in [0.15, 0.2) is 5.75 Å². The van der Waals surface area contributed by atoms with Crippen LogP contribution < -0.4 is 10.2 Å². The van der Waals surface area contributed by atoms with E-state index >= 15 is 0 Å². The highest BCUT2D eigenvalue weighted by Crippen LogP contribution is 2.34. The van der Waals surface area contributed by atoms with Gasteiger partial charge in [0.25, 0.3) is 5.91 Å². The van der Waals surface area contributed by atoms with Crippen molar-refractivity contribution in [2.45, 2.75) is 0 Å². The summed E-state index contributed by atoms with van der Waals surface area (Å²) in [4.78, 5) is 28.8. The molecule has 0 unspecified atom stereocenters. The van der Waals surface area contributed by atoms with Crippen LogP contribution in [0.2, 0.25) is 0 Å². The number of rotatable bonds is 6. The number of esters is 1. The van der Waals surface area contributed by atoms with E-state index in [0.717, 1.165) is 10.9 Å². The van der Waals surface area contributed by atoms with E-state index in [2.05, 4.69) is 53.4 Å². The van der Waals surface area contributed by atoms with Gasteiger partial charge in [-0.05, 0) is 51.8 Å². The maximum absolute atomic E-state index is 13.3. The molecule has 2 heterocycles. The second kappa shape index (κ2) is 10.9. The molecule has 0 spiro atoms. The van der Waals surface area contributed by atoms with Gasteiger partial charge in [-0.3, -0.25) is 4.79 Å². The summed E-state index contributed by atoms with van der Waals surface area (Å²) in [6, 6.07) is 23.4. The minimum absolute atomic E-state index is 0.0417. The number of aromatic amines is 1. The van der Waals surface area contributed by atoms with Crippen molar-refractivity contribution in [3.63, 3.8) is 0 Å². The van der Waals surface area contributed by atoms with Gasteiger partial charge in [-0.15, -0.1) is 0 Å². The number of hydrogen-bond donors (Lipinski definition) is 2. The first-order valence-electron chi connectivity index (χ1n) is 11.1. The molecule has 5 aromatic rings. The normalized spacial score (nSPS) is 11.0. The molecule has 0 aliphatic rings. The van der Waals surface area contributed by atoms with Crippen molar-refractivity contribution in [3.8, 4) is 22.9 Å². The molecule has 38 heavy (non-hydrogen) atoms. The molecule has 3 aromatic carbocycles. The second-order valence-electron chi connectivity index (χ2n) is 7.95. The molecule has 2 N–H and O–H groups in total. The summed E-state index contributed by atoms with van der Waals surface area (Å²) < 4.78 is 11.8. The van der Waals surface area contributed by atoms with E-state index in [9.17, 15) is 14.9 Å². The van der Waals surface area contributed by atoms with E-state index in [1.54, 1.807) is 30.3 Å². The van der Waals surface area contributed by atoms with E-state index in [-0.39, 0.29) is 17.2 Å². The van der Waals surface area contributed by atoms with Crippen LogP contribution in [0.1, 0.15) is 32.2 Å². The molecule has 0 atom stereocenters. The first-order valence-corrected chi connectivity index (χ1v) is 12.7. The Hall–Kier alpha value is -4.46. The number of furan rings is 1. The van der Waals surface area contributed by atoms with Crippen LogP contribution in [0.3, 0.4) is 0 Å². The van der Waals surface area contributed by atoms with Crippen LogP contribution in [-0.2, 0) is 0 Å². The molecular weight excluding hydrogens is 616 g/mol. The van der Waals surface area contributed by atoms with Crippen LogP contribution in [0.5, 0.6) is 5.75 Å². The van der Waals surface area contributed by atoms with Crippen LogP contribution in [0.25, 0.3) is 22.0 Å². The molecule has 1 amide bonds.